The number of halogens is 1. The van der Waals surface area contributed by atoms with Gasteiger partial charge in [0.25, 0.3) is 0 Å². The molecule has 1 amide bonds. The molecule has 1 aliphatic rings. The van der Waals surface area contributed by atoms with Crippen LogP contribution in [0.1, 0.15) is 11.8 Å². The van der Waals surface area contributed by atoms with Crippen LogP contribution < -0.4 is 20.7 Å². The zero-order valence-electron chi connectivity index (χ0n) is 20.0. The van der Waals surface area contributed by atoms with E-state index in [0.717, 1.165) is 5.56 Å². The van der Waals surface area contributed by atoms with Crippen molar-refractivity contribution >= 4 is 22.9 Å². The summed E-state index contributed by atoms with van der Waals surface area (Å²) in [4.78, 5) is 27.5. The Morgan fingerprint density at radius 3 is 2.72 bits per heavy atom. The third kappa shape index (κ3) is 5.23. The minimum absolute atomic E-state index is 0.0291. The normalized spacial score (nSPS) is 22.5. The molecule has 194 valence electrons. The lowest BCUT2D eigenvalue weighted by atomic mass is 10.0. The van der Waals surface area contributed by atoms with E-state index in [-0.39, 0.29) is 13.0 Å². The van der Waals surface area contributed by atoms with Gasteiger partial charge in [0.1, 0.15) is 37.6 Å². The molecule has 13 heteroatoms. The van der Waals surface area contributed by atoms with Gasteiger partial charge < -0.3 is 35.6 Å². The predicted octanol–water partition coefficient (Wildman–Crippen LogP) is -0.454. The number of hydrogen-bond donors (Lipinski definition) is 4. The molecule has 0 saturated carbocycles. The second-order valence-electron chi connectivity index (χ2n) is 8.68. The Labute approximate surface area is 206 Å². The summed E-state index contributed by atoms with van der Waals surface area (Å²) in [5.74, 6) is 0.613. The molecule has 2 aromatic heterocycles. The number of carbonyl (C=O) groups is 1. The first-order valence-electron chi connectivity index (χ1n) is 11.5. The van der Waals surface area contributed by atoms with Crippen molar-refractivity contribution in [2.45, 2.75) is 36.9 Å². The molecule has 0 bridgehead atoms. The molecule has 0 spiro atoms. The van der Waals surface area contributed by atoms with Gasteiger partial charge in [-0.25, -0.2) is 19.3 Å². The maximum Gasteiger partial charge on any atom is 0.237 e. The fraction of sp³-hybridized carbons (Fsp3) is 0.478. The number of ether oxygens (including phenoxy) is 2. The summed E-state index contributed by atoms with van der Waals surface area (Å²) in [7, 11) is 3.65. The maximum atomic E-state index is 12.8. The highest BCUT2D eigenvalue weighted by molar-refractivity contribution is 5.83. The average Bonchev–Trinajstić information content (AvgIpc) is 3.44. The topological polar surface area (TPSA) is 161 Å². The molecule has 36 heavy (non-hydrogen) atoms. The lowest BCUT2D eigenvalue weighted by Crippen LogP contribution is -2.53. The molecule has 4 rings (SSSR count). The first-order valence-corrected chi connectivity index (χ1v) is 11.5. The number of hydrogen-bond acceptors (Lipinski definition) is 10. The molecule has 1 aromatic carbocycles. The summed E-state index contributed by atoms with van der Waals surface area (Å²) in [6, 6.07) is 5.01. The van der Waals surface area contributed by atoms with E-state index in [1.165, 1.54) is 12.7 Å². The minimum atomic E-state index is -1.21. The van der Waals surface area contributed by atoms with Gasteiger partial charge in [0.15, 0.2) is 23.2 Å². The molecule has 5 N–H and O–H groups in total. The van der Waals surface area contributed by atoms with Crippen molar-refractivity contribution < 1.29 is 28.9 Å². The van der Waals surface area contributed by atoms with Crippen molar-refractivity contribution in [3.05, 3.63) is 42.5 Å². The van der Waals surface area contributed by atoms with Crippen LogP contribution >= 0.6 is 0 Å². The van der Waals surface area contributed by atoms with E-state index in [1.54, 1.807) is 33.7 Å². The van der Waals surface area contributed by atoms with Gasteiger partial charge in [-0.15, -0.1) is 0 Å². The van der Waals surface area contributed by atoms with Gasteiger partial charge in [-0.2, -0.15) is 0 Å². The quantitative estimate of drug-likeness (QED) is 0.285. The summed E-state index contributed by atoms with van der Waals surface area (Å²) >= 11 is 0. The van der Waals surface area contributed by atoms with E-state index in [0.29, 0.717) is 22.7 Å². The highest BCUT2D eigenvalue weighted by Gasteiger charge is 2.46. The van der Waals surface area contributed by atoms with Gasteiger partial charge in [0.2, 0.25) is 5.91 Å². The van der Waals surface area contributed by atoms with E-state index >= 15 is 0 Å². The van der Waals surface area contributed by atoms with E-state index in [4.69, 9.17) is 15.2 Å². The zero-order valence-corrected chi connectivity index (χ0v) is 20.0. The maximum absolute atomic E-state index is 12.8. The van der Waals surface area contributed by atoms with Crippen LogP contribution in [0.15, 0.2) is 36.9 Å². The summed E-state index contributed by atoms with van der Waals surface area (Å²) in [5.41, 5.74) is 7.86. The third-order valence-electron chi connectivity index (χ3n) is 5.96. The Hall–Kier alpha value is -3.39. The van der Waals surface area contributed by atoms with Crippen molar-refractivity contribution in [2.75, 3.05) is 38.9 Å². The fourth-order valence-electron chi connectivity index (χ4n) is 4.16. The van der Waals surface area contributed by atoms with E-state index in [1.807, 2.05) is 14.1 Å². The molecular weight excluding hydrogens is 473 g/mol. The second-order valence-corrected chi connectivity index (χ2v) is 8.68. The number of carbonyl (C=O) groups excluding carboxylic acids is 1. The predicted molar refractivity (Wildman–Crippen MR) is 128 cm³/mol. The molecule has 1 saturated heterocycles. The Morgan fingerprint density at radius 1 is 1.31 bits per heavy atom. The Bertz CT molecular complexity index is 1180. The number of nitrogens with two attached hydrogens (primary N) is 1. The number of nitrogens with one attached hydrogen (secondary N) is 1. The van der Waals surface area contributed by atoms with E-state index in [2.05, 4.69) is 20.3 Å². The number of aromatic nitrogens is 4. The first kappa shape index (κ1) is 25.7. The van der Waals surface area contributed by atoms with Crippen molar-refractivity contribution in [1.82, 2.24) is 24.8 Å². The van der Waals surface area contributed by atoms with Gasteiger partial charge in [0, 0.05) is 14.1 Å². The Kier molecular flexibility index (Phi) is 7.94. The van der Waals surface area contributed by atoms with Crippen LogP contribution in [0.5, 0.6) is 5.75 Å². The van der Waals surface area contributed by atoms with Crippen LogP contribution in [-0.2, 0) is 16.0 Å². The van der Waals surface area contributed by atoms with Crippen molar-refractivity contribution in [1.29, 1.82) is 0 Å². The molecule has 0 unspecified atom stereocenters. The standard InChI is InChI=1S/C23H30FN7O5/c1-30(2)20-18-21(27-11-26-20)31(12-28-18)23-19(33)17(16(10-32)36-23)29-22(34)15(25)9-13-3-5-14(6-4-13)35-8-7-24/h3-6,11-12,15-17,19,23,32-33H,7-10,25H2,1-2H3,(H,29,34)/t15-,16+,17+,19+,23+/m0/s1. The van der Waals surface area contributed by atoms with Gasteiger partial charge in [-0.05, 0) is 24.1 Å². The number of rotatable bonds is 10. The summed E-state index contributed by atoms with van der Waals surface area (Å²) in [6.07, 6.45) is 0.0591. The van der Waals surface area contributed by atoms with Crippen molar-refractivity contribution in [2.24, 2.45) is 5.73 Å². The largest absolute Gasteiger partial charge is 0.491 e. The van der Waals surface area contributed by atoms with E-state index < -0.39 is 49.7 Å². The Balaban J connectivity index is 1.45. The number of anilines is 1. The number of amides is 1. The Morgan fingerprint density at radius 2 is 2.06 bits per heavy atom. The third-order valence-corrected chi connectivity index (χ3v) is 5.96. The highest BCUT2D eigenvalue weighted by Crippen LogP contribution is 2.32. The average molecular weight is 504 g/mol. The summed E-state index contributed by atoms with van der Waals surface area (Å²) < 4.78 is 24.9. The number of alkyl halides is 1. The summed E-state index contributed by atoms with van der Waals surface area (Å²) in [5, 5.41) is 23.6. The molecular formula is C23H30FN7O5. The highest BCUT2D eigenvalue weighted by atomic mass is 19.1. The van der Waals surface area contributed by atoms with Gasteiger partial charge in [-0.1, -0.05) is 12.1 Å². The number of benzene rings is 1. The summed E-state index contributed by atoms with van der Waals surface area (Å²) in [6.45, 7) is -1.04. The zero-order chi connectivity index (χ0) is 25.8. The number of aliphatic hydroxyl groups is 2. The van der Waals surface area contributed by atoms with Crippen LogP contribution in [0, 0.1) is 0 Å². The molecule has 1 fully saturated rings. The monoisotopic (exact) mass is 503 g/mol. The van der Waals surface area contributed by atoms with Crippen molar-refractivity contribution in [3.63, 3.8) is 0 Å². The van der Waals surface area contributed by atoms with Crippen molar-refractivity contribution in [3.8, 4) is 5.75 Å². The van der Waals surface area contributed by atoms with E-state index in [9.17, 15) is 19.4 Å². The van der Waals surface area contributed by atoms with Crippen LogP contribution in [-0.4, -0.2) is 93.9 Å². The first-order chi connectivity index (χ1) is 17.3. The number of fused-ring (bicyclic) bond motifs is 1. The molecule has 3 heterocycles. The van der Waals surface area contributed by atoms with Gasteiger partial charge in [0.05, 0.1) is 25.0 Å². The number of imidazole rings is 1. The molecule has 0 radical (unpaired) electrons. The molecule has 5 atom stereocenters. The van der Waals surface area contributed by atoms with Crippen LogP contribution in [0.2, 0.25) is 0 Å². The smallest absolute Gasteiger partial charge is 0.237 e. The molecule has 3 aromatic rings. The van der Waals surface area contributed by atoms with Crippen LogP contribution in [0.3, 0.4) is 0 Å². The fourth-order valence-corrected chi connectivity index (χ4v) is 4.16. The lowest BCUT2D eigenvalue weighted by molar-refractivity contribution is -0.124. The minimum Gasteiger partial charge on any atom is -0.491 e. The SMILES string of the molecule is CN(C)c1ncnc2c1ncn2[C@@H]1O[C@H](CO)[C@@H](NC(=O)[C@@H](N)Cc2ccc(OCCF)cc2)[C@H]1O. The number of nitrogens with zero attached hydrogens (tertiary/aromatic N) is 5. The molecule has 1 aliphatic heterocycles. The number of aliphatic hydroxyl groups excluding tert-OH is 2. The van der Waals surface area contributed by atoms with Gasteiger partial charge >= 0.3 is 0 Å². The van der Waals surface area contributed by atoms with Gasteiger partial charge in [-0.3, -0.25) is 9.36 Å². The lowest BCUT2D eigenvalue weighted by Gasteiger charge is -2.23. The van der Waals surface area contributed by atoms with Crippen LogP contribution in [0.4, 0.5) is 10.2 Å². The van der Waals surface area contributed by atoms with Crippen LogP contribution in [0.25, 0.3) is 11.2 Å². The molecule has 0 aliphatic carbocycles. The molecule has 12 nitrogen and oxygen atoms in total. The second kappa shape index (κ2) is 11.1.